The number of para-hydroxylation sites is 1. The number of carbonyl (C=O) groups is 1. The van der Waals surface area contributed by atoms with E-state index >= 15 is 0 Å². The van der Waals surface area contributed by atoms with Gasteiger partial charge in [0.25, 0.3) is 0 Å². The molecule has 1 saturated heterocycles. The van der Waals surface area contributed by atoms with Gasteiger partial charge in [0.1, 0.15) is 12.4 Å². The molecule has 5 nitrogen and oxygen atoms in total. The van der Waals surface area contributed by atoms with Crippen molar-refractivity contribution in [1.29, 1.82) is 0 Å². The fraction of sp³-hybridized carbons (Fsp3) is 0.588. The van der Waals surface area contributed by atoms with Crippen molar-refractivity contribution in [1.82, 2.24) is 14.7 Å². The lowest BCUT2D eigenvalue weighted by Crippen LogP contribution is -2.54. The molecule has 1 fully saturated rings. The molecule has 0 aromatic heterocycles. The number of piperazine rings is 1. The molecule has 0 aliphatic carbocycles. The molecule has 1 aromatic carbocycles. The summed E-state index contributed by atoms with van der Waals surface area (Å²) >= 11 is 0. The fourth-order valence-electron chi connectivity index (χ4n) is 2.71. The monoisotopic (exact) mass is 305 g/mol. The average Bonchev–Trinajstić information content (AvgIpc) is 2.55. The number of carbonyl (C=O) groups excluding carboxylic acids is 1. The van der Waals surface area contributed by atoms with Crippen molar-refractivity contribution in [3.63, 3.8) is 0 Å². The maximum atomic E-state index is 12.0. The van der Waals surface area contributed by atoms with Crippen LogP contribution in [0.5, 0.6) is 5.75 Å². The van der Waals surface area contributed by atoms with Crippen molar-refractivity contribution in [2.75, 3.05) is 53.4 Å². The highest BCUT2D eigenvalue weighted by Crippen LogP contribution is 2.10. The second-order valence-electron chi connectivity index (χ2n) is 5.95. The highest BCUT2D eigenvalue weighted by Gasteiger charge is 2.26. The summed E-state index contributed by atoms with van der Waals surface area (Å²) in [7, 11) is 3.63. The van der Waals surface area contributed by atoms with E-state index in [4.69, 9.17) is 4.74 Å². The standard InChI is InChI=1S/C17H27N3O2/c1-15(17(21)18(2)3)20-11-9-19(10-12-20)13-14-22-16-7-5-4-6-8-16/h4-8,15H,9-14H2,1-3H3. The Labute approximate surface area is 133 Å². The first kappa shape index (κ1) is 16.8. The summed E-state index contributed by atoms with van der Waals surface area (Å²) in [5.74, 6) is 1.10. The van der Waals surface area contributed by atoms with Gasteiger partial charge in [-0.3, -0.25) is 14.6 Å². The van der Waals surface area contributed by atoms with Gasteiger partial charge >= 0.3 is 0 Å². The van der Waals surface area contributed by atoms with Gasteiger partial charge in [0.2, 0.25) is 5.91 Å². The largest absolute Gasteiger partial charge is 0.492 e. The van der Waals surface area contributed by atoms with Gasteiger partial charge in [-0.1, -0.05) is 18.2 Å². The molecule has 1 aliphatic rings. The third-order valence-electron chi connectivity index (χ3n) is 4.17. The van der Waals surface area contributed by atoms with Crippen LogP contribution in [0.4, 0.5) is 0 Å². The van der Waals surface area contributed by atoms with Crippen LogP contribution in [0.2, 0.25) is 0 Å². The Morgan fingerprint density at radius 3 is 2.41 bits per heavy atom. The molecule has 1 heterocycles. The third-order valence-corrected chi connectivity index (χ3v) is 4.17. The van der Waals surface area contributed by atoms with Gasteiger partial charge in [0.05, 0.1) is 6.04 Å². The van der Waals surface area contributed by atoms with Crippen LogP contribution in [0, 0.1) is 0 Å². The lowest BCUT2D eigenvalue weighted by Gasteiger charge is -2.38. The average molecular weight is 305 g/mol. The number of benzene rings is 1. The minimum atomic E-state index is -0.0299. The molecule has 1 aromatic rings. The fourth-order valence-corrected chi connectivity index (χ4v) is 2.71. The lowest BCUT2D eigenvalue weighted by molar-refractivity contribution is -0.134. The minimum Gasteiger partial charge on any atom is -0.492 e. The maximum Gasteiger partial charge on any atom is 0.239 e. The molecule has 0 bridgehead atoms. The summed E-state index contributed by atoms with van der Waals surface area (Å²) in [6, 6.07) is 9.88. The van der Waals surface area contributed by atoms with Crippen LogP contribution in [-0.4, -0.2) is 80.1 Å². The zero-order chi connectivity index (χ0) is 15.9. The molecule has 0 radical (unpaired) electrons. The van der Waals surface area contributed by atoms with Gasteiger partial charge in [-0.15, -0.1) is 0 Å². The van der Waals surface area contributed by atoms with Crippen LogP contribution in [0.1, 0.15) is 6.92 Å². The summed E-state index contributed by atoms with van der Waals surface area (Å²) in [6.45, 7) is 7.48. The highest BCUT2D eigenvalue weighted by molar-refractivity contribution is 5.80. The number of likely N-dealkylation sites (N-methyl/N-ethyl adjacent to an activating group) is 1. The van der Waals surface area contributed by atoms with Gasteiger partial charge in [-0.25, -0.2) is 0 Å². The van der Waals surface area contributed by atoms with E-state index < -0.39 is 0 Å². The predicted molar refractivity (Wildman–Crippen MR) is 88.1 cm³/mol. The predicted octanol–water partition coefficient (Wildman–Crippen LogP) is 1.16. The zero-order valence-electron chi connectivity index (χ0n) is 13.9. The van der Waals surface area contributed by atoms with E-state index in [0.717, 1.165) is 38.5 Å². The second-order valence-corrected chi connectivity index (χ2v) is 5.95. The molecular formula is C17H27N3O2. The summed E-state index contributed by atoms with van der Waals surface area (Å²) in [5.41, 5.74) is 0. The van der Waals surface area contributed by atoms with Crippen molar-refractivity contribution < 1.29 is 9.53 Å². The topological polar surface area (TPSA) is 36.0 Å². The van der Waals surface area contributed by atoms with Crippen LogP contribution < -0.4 is 4.74 Å². The maximum absolute atomic E-state index is 12.0. The number of hydrogen-bond donors (Lipinski definition) is 0. The molecule has 122 valence electrons. The van der Waals surface area contributed by atoms with Crippen LogP contribution in [0.25, 0.3) is 0 Å². The Morgan fingerprint density at radius 1 is 1.18 bits per heavy atom. The minimum absolute atomic E-state index is 0.0299. The van der Waals surface area contributed by atoms with Gasteiger partial charge < -0.3 is 9.64 Å². The molecule has 0 N–H and O–H groups in total. The van der Waals surface area contributed by atoms with E-state index in [-0.39, 0.29) is 11.9 Å². The van der Waals surface area contributed by atoms with Gasteiger partial charge in [-0.2, -0.15) is 0 Å². The Bertz CT molecular complexity index is 456. The van der Waals surface area contributed by atoms with E-state index in [1.54, 1.807) is 4.90 Å². The number of ether oxygens (including phenoxy) is 1. The Morgan fingerprint density at radius 2 is 1.82 bits per heavy atom. The van der Waals surface area contributed by atoms with Crippen molar-refractivity contribution in [2.45, 2.75) is 13.0 Å². The van der Waals surface area contributed by atoms with E-state index in [1.807, 2.05) is 51.4 Å². The normalized spacial score (nSPS) is 18.0. The number of nitrogens with zero attached hydrogens (tertiary/aromatic N) is 3. The first-order valence-corrected chi connectivity index (χ1v) is 7.93. The lowest BCUT2D eigenvalue weighted by atomic mass is 10.2. The Balaban J connectivity index is 1.68. The first-order chi connectivity index (χ1) is 10.6. The SMILES string of the molecule is CC(C(=O)N(C)C)N1CCN(CCOc2ccccc2)CC1. The number of amides is 1. The first-order valence-electron chi connectivity index (χ1n) is 7.93. The molecule has 1 atom stereocenters. The van der Waals surface area contributed by atoms with Crippen molar-refractivity contribution in [3.8, 4) is 5.75 Å². The van der Waals surface area contributed by atoms with E-state index in [1.165, 1.54) is 0 Å². The number of hydrogen-bond acceptors (Lipinski definition) is 4. The second kappa shape index (κ2) is 8.15. The summed E-state index contributed by atoms with van der Waals surface area (Å²) < 4.78 is 5.74. The van der Waals surface area contributed by atoms with Crippen molar-refractivity contribution in [3.05, 3.63) is 30.3 Å². The van der Waals surface area contributed by atoms with Crippen molar-refractivity contribution in [2.24, 2.45) is 0 Å². The zero-order valence-corrected chi connectivity index (χ0v) is 13.9. The Kier molecular flexibility index (Phi) is 6.21. The van der Waals surface area contributed by atoms with E-state index in [9.17, 15) is 4.79 Å². The van der Waals surface area contributed by atoms with Crippen molar-refractivity contribution >= 4 is 5.91 Å². The number of rotatable bonds is 6. The molecule has 0 spiro atoms. The Hall–Kier alpha value is -1.59. The third kappa shape index (κ3) is 4.71. The summed E-state index contributed by atoms with van der Waals surface area (Å²) in [4.78, 5) is 18.3. The van der Waals surface area contributed by atoms with Gasteiger partial charge in [0, 0.05) is 46.8 Å². The summed E-state index contributed by atoms with van der Waals surface area (Å²) in [5, 5.41) is 0. The van der Waals surface area contributed by atoms with Crippen LogP contribution >= 0.6 is 0 Å². The van der Waals surface area contributed by atoms with Crippen LogP contribution in [-0.2, 0) is 4.79 Å². The van der Waals surface area contributed by atoms with Crippen LogP contribution in [0.3, 0.4) is 0 Å². The van der Waals surface area contributed by atoms with E-state index in [0.29, 0.717) is 6.61 Å². The van der Waals surface area contributed by atoms with Gasteiger partial charge in [0.15, 0.2) is 0 Å². The smallest absolute Gasteiger partial charge is 0.239 e. The van der Waals surface area contributed by atoms with Crippen LogP contribution in [0.15, 0.2) is 30.3 Å². The quantitative estimate of drug-likeness (QED) is 0.790. The summed E-state index contributed by atoms with van der Waals surface area (Å²) in [6.07, 6.45) is 0. The molecule has 2 rings (SSSR count). The molecule has 5 heteroatoms. The van der Waals surface area contributed by atoms with E-state index in [2.05, 4.69) is 9.80 Å². The molecule has 1 amide bonds. The molecule has 1 unspecified atom stereocenters. The molecule has 1 aliphatic heterocycles. The molecule has 0 saturated carbocycles. The molecular weight excluding hydrogens is 278 g/mol. The highest BCUT2D eigenvalue weighted by atomic mass is 16.5. The molecule has 22 heavy (non-hydrogen) atoms. The van der Waals surface area contributed by atoms with Gasteiger partial charge in [-0.05, 0) is 19.1 Å².